The van der Waals surface area contributed by atoms with Crippen LogP contribution < -0.4 is 5.32 Å². The summed E-state index contributed by atoms with van der Waals surface area (Å²) < 4.78 is 0. The quantitative estimate of drug-likeness (QED) is 0.886. The van der Waals surface area contributed by atoms with Crippen LogP contribution in [0.15, 0.2) is 46.4 Å². The Morgan fingerprint density at radius 2 is 2.00 bits per heavy atom. The number of amidine groups is 1. The highest BCUT2D eigenvalue weighted by Gasteiger charge is 2.37. The Balaban J connectivity index is 2.08. The zero-order chi connectivity index (χ0) is 14.8. The molecule has 0 saturated carbocycles. The minimum Gasteiger partial charge on any atom is -0.335 e. The molecule has 0 bridgehead atoms. The summed E-state index contributed by atoms with van der Waals surface area (Å²) >= 11 is 0. The van der Waals surface area contributed by atoms with E-state index in [1.54, 1.807) is 0 Å². The molecule has 0 spiro atoms. The second-order valence-corrected chi connectivity index (χ2v) is 6.21. The van der Waals surface area contributed by atoms with Crippen molar-refractivity contribution in [3.8, 4) is 0 Å². The van der Waals surface area contributed by atoms with Gasteiger partial charge in [0.05, 0.1) is 18.3 Å². The number of hydrogen-bond acceptors (Lipinski definition) is 2. The Hall–Kier alpha value is -1.90. The number of aliphatic imine (C=N–C) groups is 2. The van der Waals surface area contributed by atoms with E-state index in [1.807, 2.05) is 13.4 Å². The van der Waals surface area contributed by atoms with Gasteiger partial charge in [-0.15, -0.1) is 0 Å². The van der Waals surface area contributed by atoms with Gasteiger partial charge in [-0.05, 0) is 29.4 Å². The minimum absolute atomic E-state index is 0.261. The Morgan fingerprint density at radius 3 is 2.67 bits per heavy atom. The zero-order valence-corrected chi connectivity index (χ0v) is 13.0. The van der Waals surface area contributed by atoms with Crippen molar-refractivity contribution in [3.63, 3.8) is 0 Å². The highest BCUT2D eigenvalue weighted by Crippen LogP contribution is 2.40. The largest absolute Gasteiger partial charge is 0.335 e. The van der Waals surface area contributed by atoms with Gasteiger partial charge >= 0.3 is 0 Å². The van der Waals surface area contributed by atoms with E-state index < -0.39 is 0 Å². The molecule has 3 unspecified atom stereocenters. The van der Waals surface area contributed by atoms with Gasteiger partial charge in [0, 0.05) is 7.05 Å². The number of hydrogen-bond donors (Lipinski definition) is 1. The second-order valence-electron chi connectivity index (χ2n) is 6.21. The predicted octanol–water partition coefficient (Wildman–Crippen LogP) is 3.39. The van der Waals surface area contributed by atoms with E-state index >= 15 is 0 Å². The van der Waals surface area contributed by atoms with Gasteiger partial charge in [-0.25, -0.2) is 0 Å². The summed E-state index contributed by atoms with van der Waals surface area (Å²) in [5.74, 6) is 2.51. The third-order valence-electron chi connectivity index (χ3n) is 4.60. The van der Waals surface area contributed by atoms with E-state index in [9.17, 15) is 0 Å². The van der Waals surface area contributed by atoms with Crippen LogP contribution >= 0.6 is 0 Å². The molecule has 1 aliphatic heterocycles. The topological polar surface area (TPSA) is 36.8 Å². The van der Waals surface area contributed by atoms with Gasteiger partial charge in [0.1, 0.15) is 5.84 Å². The van der Waals surface area contributed by atoms with E-state index in [1.165, 1.54) is 11.1 Å². The summed E-state index contributed by atoms with van der Waals surface area (Å²) in [5.41, 5.74) is 2.66. The van der Waals surface area contributed by atoms with Crippen LogP contribution in [0.25, 0.3) is 5.57 Å². The van der Waals surface area contributed by atoms with Crippen molar-refractivity contribution < 1.29 is 0 Å². The lowest BCUT2D eigenvalue weighted by Gasteiger charge is -2.38. The van der Waals surface area contributed by atoms with Crippen molar-refractivity contribution in [1.29, 1.82) is 0 Å². The molecular weight excluding hydrogens is 258 g/mol. The Labute approximate surface area is 126 Å². The molecule has 3 nitrogen and oxygen atoms in total. The third kappa shape index (κ3) is 2.65. The Morgan fingerprint density at radius 1 is 1.24 bits per heavy atom. The first-order chi connectivity index (χ1) is 10.2. The molecule has 1 N–H and O–H groups in total. The molecule has 0 fully saturated rings. The molecule has 3 rings (SSSR count). The molecule has 1 aromatic rings. The van der Waals surface area contributed by atoms with Gasteiger partial charge in [-0.3, -0.25) is 9.98 Å². The average Bonchev–Trinajstić information content (AvgIpc) is 2.53. The maximum Gasteiger partial charge on any atom is 0.111 e. The molecular formula is C18H23N3. The third-order valence-corrected chi connectivity index (χ3v) is 4.60. The molecule has 21 heavy (non-hydrogen) atoms. The van der Waals surface area contributed by atoms with E-state index in [-0.39, 0.29) is 5.92 Å². The summed E-state index contributed by atoms with van der Waals surface area (Å²) in [6, 6.07) is 11.0. The number of nitrogens with one attached hydrogen (secondary N) is 1. The van der Waals surface area contributed by atoms with E-state index in [2.05, 4.69) is 60.6 Å². The van der Waals surface area contributed by atoms with Gasteiger partial charge in [0.25, 0.3) is 0 Å². The smallest absolute Gasteiger partial charge is 0.111 e. The molecule has 0 aromatic heterocycles. The number of rotatable bonds is 2. The van der Waals surface area contributed by atoms with Crippen LogP contribution in [0, 0.1) is 17.8 Å². The van der Waals surface area contributed by atoms with Crippen molar-refractivity contribution >= 4 is 17.7 Å². The van der Waals surface area contributed by atoms with Gasteiger partial charge in [0.15, 0.2) is 0 Å². The van der Waals surface area contributed by atoms with Crippen molar-refractivity contribution in [1.82, 2.24) is 5.32 Å². The standard InChI is InChI=1S/C18H23N3/c1-12(2)14-9-15(13-7-5-4-6-8-13)17-16(10-14)20-11-21-18(17)19-3/h4-9,11-12,14,16-17H,10H2,1-3H3,(H,19,20,21). The normalized spacial score (nSPS) is 30.0. The number of benzene rings is 1. The maximum atomic E-state index is 4.70. The van der Waals surface area contributed by atoms with Crippen LogP contribution in [0.2, 0.25) is 0 Å². The van der Waals surface area contributed by atoms with Gasteiger partial charge in [-0.1, -0.05) is 50.3 Å². The van der Waals surface area contributed by atoms with E-state index in [4.69, 9.17) is 4.99 Å². The molecule has 2 aliphatic rings. The second kappa shape index (κ2) is 5.84. The molecule has 110 valence electrons. The summed E-state index contributed by atoms with van der Waals surface area (Å²) in [7, 11) is 1.86. The van der Waals surface area contributed by atoms with Gasteiger partial charge in [0.2, 0.25) is 0 Å². The van der Waals surface area contributed by atoms with Gasteiger partial charge < -0.3 is 5.32 Å². The van der Waals surface area contributed by atoms with E-state index in [0.29, 0.717) is 17.9 Å². The zero-order valence-electron chi connectivity index (χ0n) is 13.0. The molecule has 1 heterocycles. The highest BCUT2D eigenvalue weighted by molar-refractivity contribution is 6.03. The van der Waals surface area contributed by atoms with Crippen LogP contribution in [0.4, 0.5) is 0 Å². The lowest BCUT2D eigenvalue weighted by atomic mass is 9.72. The maximum absolute atomic E-state index is 4.70. The van der Waals surface area contributed by atoms with Crippen LogP contribution in [0.1, 0.15) is 25.8 Å². The fourth-order valence-corrected chi connectivity index (χ4v) is 3.36. The fraction of sp³-hybridized carbons (Fsp3) is 0.444. The number of allylic oxidation sites excluding steroid dienone is 1. The molecule has 1 aromatic carbocycles. The monoisotopic (exact) mass is 281 g/mol. The van der Waals surface area contributed by atoms with Crippen LogP contribution in [0.5, 0.6) is 0 Å². The van der Waals surface area contributed by atoms with Gasteiger partial charge in [-0.2, -0.15) is 0 Å². The highest BCUT2D eigenvalue weighted by atomic mass is 15.1. The molecule has 0 radical (unpaired) electrons. The van der Waals surface area contributed by atoms with Crippen LogP contribution in [-0.2, 0) is 0 Å². The Kier molecular flexibility index (Phi) is 3.91. The van der Waals surface area contributed by atoms with Crippen LogP contribution in [-0.4, -0.2) is 25.3 Å². The lowest BCUT2D eigenvalue weighted by molar-refractivity contribution is 0.368. The van der Waals surface area contributed by atoms with Crippen molar-refractivity contribution in [2.45, 2.75) is 26.3 Å². The lowest BCUT2D eigenvalue weighted by Crippen LogP contribution is -2.44. The van der Waals surface area contributed by atoms with Crippen LogP contribution in [0.3, 0.4) is 0 Å². The average molecular weight is 281 g/mol. The molecule has 0 saturated heterocycles. The first-order valence-electron chi connectivity index (χ1n) is 7.72. The molecule has 3 heteroatoms. The van der Waals surface area contributed by atoms with Crippen molar-refractivity contribution in [2.24, 2.45) is 27.7 Å². The minimum atomic E-state index is 0.261. The number of nitrogens with zero attached hydrogens (tertiary/aromatic N) is 2. The Bertz CT molecular complexity index is 584. The first-order valence-corrected chi connectivity index (χ1v) is 7.72. The predicted molar refractivity (Wildman–Crippen MR) is 89.6 cm³/mol. The molecule has 3 atom stereocenters. The van der Waals surface area contributed by atoms with E-state index in [0.717, 1.165) is 12.3 Å². The first kappa shape index (κ1) is 14.1. The summed E-state index contributed by atoms with van der Waals surface area (Å²) in [6.07, 6.45) is 5.37. The van der Waals surface area contributed by atoms with Crippen molar-refractivity contribution in [3.05, 3.63) is 42.0 Å². The fourth-order valence-electron chi connectivity index (χ4n) is 3.36. The summed E-state index contributed by atoms with van der Waals surface area (Å²) in [4.78, 5) is 9.15. The summed E-state index contributed by atoms with van der Waals surface area (Å²) in [5, 5.41) is 3.23. The summed E-state index contributed by atoms with van der Waals surface area (Å²) in [6.45, 7) is 4.59. The molecule has 1 aliphatic carbocycles. The SMILES string of the molecule is CN=C1NC=NC2CC(C(C)C)C=C(c3ccccc3)C12. The molecule has 0 amide bonds. The number of fused-ring (bicyclic) bond motifs is 1. The van der Waals surface area contributed by atoms with Crippen molar-refractivity contribution in [2.75, 3.05) is 7.05 Å².